The van der Waals surface area contributed by atoms with E-state index in [9.17, 15) is 4.79 Å². The molecule has 3 nitrogen and oxygen atoms in total. The molecule has 1 N–H and O–H groups in total. The summed E-state index contributed by atoms with van der Waals surface area (Å²) < 4.78 is 0. The number of carbonyl (C=O) groups excluding carboxylic acids is 1. The summed E-state index contributed by atoms with van der Waals surface area (Å²) in [5.74, 6) is 0.195. The van der Waals surface area contributed by atoms with Crippen molar-refractivity contribution >= 4 is 5.91 Å². The van der Waals surface area contributed by atoms with Gasteiger partial charge in [0.2, 0.25) is 5.91 Å². The van der Waals surface area contributed by atoms with Crippen LogP contribution in [0.5, 0.6) is 0 Å². The minimum absolute atomic E-state index is 0.195. The number of likely N-dealkylation sites (N-methyl/N-ethyl adjacent to an activating group) is 1. The van der Waals surface area contributed by atoms with Gasteiger partial charge in [0.05, 0.1) is 6.54 Å². The predicted molar refractivity (Wildman–Crippen MR) is 58.1 cm³/mol. The van der Waals surface area contributed by atoms with Gasteiger partial charge in [-0.2, -0.15) is 0 Å². The maximum absolute atomic E-state index is 11.5. The van der Waals surface area contributed by atoms with Crippen molar-refractivity contribution in [3.8, 4) is 0 Å². The maximum atomic E-state index is 11.5. The molecule has 0 spiro atoms. The summed E-state index contributed by atoms with van der Waals surface area (Å²) in [7, 11) is 1.86. The van der Waals surface area contributed by atoms with Crippen LogP contribution in [0.2, 0.25) is 0 Å². The topological polar surface area (TPSA) is 32.3 Å². The molecule has 3 heteroatoms. The average molecular weight is 196 g/mol. The molecule has 0 unspecified atom stereocenters. The van der Waals surface area contributed by atoms with Crippen LogP contribution in [0.15, 0.2) is 12.7 Å². The maximum Gasteiger partial charge on any atom is 0.236 e. The molecule has 0 saturated heterocycles. The van der Waals surface area contributed by atoms with Crippen molar-refractivity contribution < 1.29 is 4.79 Å². The Bertz CT molecular complexity index is 199. The van der Waals surface area contributed by atoms with Crippen LogP contribution in [0.1, 0.15) is 25.7 Å². The summed E-state index contributed by atoms with van der Waals surface area (Å²) in [5, 5.41) is 3.22. The van der Waals surface area contributed by atoms with E-state index >= 15 is 0 Å². The minimum Gasteiger partial charge on any atom is -0.345 e. The van der Waals surface area contributed by atoms with Crippen LogP contribution >= 0.6 is 0 Å². The number of carbonyl (C=O) groups is 1. The molecule has 0 radical (unpaired) electrons. The molecule has 1 rings (SSSR count). The Labute approximate surface area is 86.2 Å². The van der Waals surface area contributed by atoms with Gasteiger partial charge in [-0.15, -0.1) is 6.58 Å². The normalized spacial score (nSPS) is 15.2. The highest BCUT2D eigenvalue weighted by Gasteiger charge is 2.21. The molecule has 1 fully saturated rings. The van der Waals surface area contributed by atoms with Crippen LogP contribution in [-0.4, -0.2) is 37.0 Å². The first-order valence-corrected chi connectivity index (χ1v) is 5.32. The Balaban J connectivity index is 2.04. The van der Waals surface area contributed by atoms with Crippen LogP contribution in [0, 0.1) is 0 Å². The van der Waals surface area contributed by atoms with E-state index in [0.29, 0.717) is 12.6 Å². The lowest BCUT2D eigenvalue weighted by Crippen LogP contribution is -2.36. The van der Waals surface area contributed by atoms with Gasteiger partial charge >= 0.3 is 0 Å². The van der Waals surface area contributed by atoms with Crippen molar-refractivity contribution in [2.45, 2.75) is 31.7 Å². The molecule has 0 aliphatic heterocycles. The van der Waals surface area contributed by atoms with E-state index < -0.39 is 0 Å². The lowest BCUT2D eigenvalue weighted by molar-refractivity contribution is -0.129. The van der Waals surface area contributed by atoms with Crippen molar-refractivity contribution in [2.24, 2.45) is 0 Å². The number of hydrogen-bond acceptors (Lipinski definition) is 2. The van der Waals surface area contributed by atoms with Crippen LogP contribution in [0.25, 0.3) is 0 Å². The lowest BCUT2D eigenvalue weighted by Gasteiger charge is -2.16. The second-order valence-electron chi connectivity index (χ2n) is 3.90. The van der Waals surface area contributed by atoms with Gasteiger partial charge < -0.3 is 10.2 Å². The van der Waals surface area contributed by atoms with E-state index in [2.05, 4.69) is 11.9 Å². The third-order valence-corrected chi connectivity index (χ3v) is 2.45. The second kappa shape index (κ2) is 5.81. The van der Waals surface area contributed by atoms with E-state index in [1.807, 2.05) is 13.1 Å². The Morgan fingerprint density at radius 2 is 2.36 bits per heavy atom. The fourth-order valence-electron chi connectivity index (χ4n) is 1.25. The molecule has 1 saturated carbocycles. The number of nitrogens with one attached hydrogen (secondary N) is 1. The average Bonchev–Trinajstić information content (AvgIpc) is 2.98. The Hall–Kier alpha value is -0.830. The zero-order chi connectivity index (χ0) is 10.4. The van der Waals surface area contributed by atoms with Gasteiger partial charge in [0.25, 0.3) is 0 Å². The van der Waals surface area contributed by atoms with E-state index in [4.69, 9.17) is 0 Å². The number of rotatable bonds is 7. The first-order valence-electron chi connectivity index (χ1n) is 5.32. The molecule has 14 heavy (non-hydrogen) atoms. The van der Waals surface area contributed by atoms with E-state index in [1.165, 1.54) is 12.8 Å². The van der Waals surface area contributed by atoms with Gasteiger partial charge in [-0.1, -0.05) is 6.08 Å². The summed E-state index contributed by atoms with van der Waals surface area (Å²) in [6.07, 6.45) is 6.34. The molecule has 0 heterocycles. The van der Waals surface area contributed by atoms with Crippen molar-refractivity contribution in [3.05, 3.63) is 12.7 Å². The number of hydrogen-bond donors (Lipinski definition) is 1. The summed E-state index contributed by atoms with van der Waals surface area (Å²) >= 11 is 0. The fraction of sp³-hybridized carbons (Fsp3) is 0.727. The molecule has 0 aromatic carbocycles. The number of unbranched alkanes of at least 4 members (excludes halogenated alkanes) is 1. The van der Waals surface area contributed by atoms with Crippen molar-refractivity contribution in [3.63, 3.8) is 0 Å². The molecular formula is C11H20N2O. The fourth-order valence-corrected chi connectivity index (χ4v) is 1.25. The molecule has 1 amide bonds. The molecule has 1 aliphatic rings. The summed E-state index contributed by atoms with van der Waals surface area (Å²) in [4.78, 5) is 13.3. The molecule has 1 aliphatic carbocycles. The summed E-state index contributed by atoms with van der Waals surface area (Å²) in [5.41, 5.74) is 0. The molecule has 80 valence electrons. The Kier molecular flexibility index (Phi) is 4.66. The van der Waals surface area contributed by atoms with E-state index in [-0.39, 0.29) is 5.91 Å². The van der Waals surface area contributed by atoms with Gasteiger partial charge in [0.1, 0.15) is 0 Å². The van der Waals surface area contributed by atoms with Gasteiger partial charge in [0, 0.05) is 19.6 Å². The quantitative estimate of drug-likeness (QED) is 0.489. The number of nitrogens with zero attached hydrogens (tertiary/aromatic N) is 1. The smallest absolute Gasteiger partial charge is 0.236 e. The lowest BCUT2D eigenvalue weighted by atomic mass is 10.3. The van der Waals surface area contributed by atoms with Crippen LogP contribution < -0.4 is 5.32 Å². The largest absolute Gasteiger partial charge is 0.345 e. The van der Waals surface area contributed by atoms with Crippen molar-refractivity contribution in [1.29, 1.82) is 0 Å². The van der Waals surface area contributed by atoms with Crippen LogP contribution in [0.3, 0.4) is 0 Å². The monoisotopic (exact) mass is 196 g/mol. The van der Waals surface area contributed by atoms with Crippen molar-refractivity contribution in [1.82, 2.24) is 10.2 Å². The highest BCUT2D eigenvalue weighted by molar-refractivity contribution is 5.78. The first kappa shape index (κ1) is 11.2. The standard InChI is InChI=1S/C11H20N2O/c1-3-4-5-8-13(2)11(14)9-12-10-6-7-10/h3,10,12H,1,4-9H2,2H3. The van der Waals surface area contributed by atoms with Gasteiger partial charge in [-0.25, -0.2) is 0 Å². The Morgan fingerprint density at radius 1 is 1.64 bits per heavy atom. The highest BCUT2D eigenvalue weighted by atomic mass is 16.2. The van der Waals surface area contributed by atoms with Gasteiger partial charge in [-0.3, -0.25) is 4.79 Å². The van der Waals surface area contributed by atoms with Crippen LogP contribution in [-0.2, 0) is 4.79 Å². The third kappa shape index (κ3) is 4.42. The number of amides is 1. The zero-order valence-corrected chi connectivity index (χ0v) is 8.96. The predicted octanol–water partition coefficient (Wildman–Crippen LogP) is 1.16. The SMILES string of the molecule is C=CCCCN(C)C(=O)CNC1CC1. The zero-order valence-electron chi connectivity index (χ0n) is 8.96. The van der Waals surface area contributed by atoms with Gasteiger partial charge in [-0.05, 0) is 25.7 Å². The van der Waals surface area contributed by atoms with E-state index in [1.54, 1.807) is 4.90 Å². The van der Waals surface area contributed by atoms with Crippen molar-refractivity contribution in [2.75, 3.05) is 20.1 Å². The van der Waals surface area contributed by atoms with E-state index in [0.717, 1.165) is 19.4 Å². The molecule has 0 aromatic heterocycles. The van der Waals surface area contributed by atoms with Crippen LogP contribution in [0.4, 0.5) is 0 Å². The number of allylic oxidation sites excluding steroid dienone is 1. The molecule has 0 aromatic rings. The second-order valence-corrected chi connectivity index (χ2v) is 3.90. The minimum atomic E-state index is 0.195. The Morgan fingerprint density at radius 3 is 2.93 bits per heavy atom. The summed E-state index contributed by atoms with van der Waals surface area (Å²) in [6.45, 7) is 4.98. The first-order chi connectivity index (χ1) is 6.74. The molecule has 0 bridgehead atoms. The molecular weight excluding hydrogens is 176 g/mol. The molecule has 0 atom stereocenters. The van der Waals surface area contributed by atoms with Gasteiger partial charge in [0.15, 0.2) is 0 Å². The third-order valence-electron chi connectivity index (χ3n) is 2.45. The highest BCUT2D eigenvalue weighted by Crippen LogP contribution is 2.18. The summed E-state index contributed by atoms with van der Waals surface area (Å²) in [6, 6.07) is 0.612.